The first-order valence-electron chi connectivity index (χ1n) is 5.30. The van der Waals surface area contributed by atoms with Crippen LogP contribution in [0.3, 0.4) is 0 Å². The van der Waals surface area contributed by atoms with Crippen LogP contribution in [0.15, 0.2) is 20.1 Å². The molecule has 1 aliphatic rings. The lowest BCUT2D eigenvalue weighted by Crippen LogP contribution is -2.26. The Labute approximate surface area is 108 Å². The molecule has 0 saturated heterocycles. The number of thiophene rings is 1. The summed E-state index contributed by atoms with van der Waals surface area (Å²) in [6.45, 7) is 2.13. The van der Waals surface area contributed by atoms with Crippen molar-refractivity contribution in [2.45, 2.75) is 36.4 Å². The number of halogens is 1. The van der Waals surface area contributed by atoms with Crippen LogP contribution in [0, 0.1) is 5.92 Å². The molecule has 2 unspecified atom stereocenters. The van der Waals surface area contributed by atoms with Gasteiger partial charge in [0.2, 0.25) is 10.0 Å². The molecule has 1 aromatic rings. The second-order valence-corrected chi connectivity index (χ2v) is 8.47. The standard InChI is InChI=1S/C10H14BrNO2S2/c1-2-3-7-6-8(7)12-16(13,14)10-5-4-9(11)15-10/h4-5,7-8,12H,2-3,6H2,1H3. The topological polar surface area (TPSA) is 46.2 Å². The largest absolute Gasteiger partial charge is 0.250 e. The molecular weight excluding hydrogens is 310 g/mol. The summed E-state index contributed by atoms with van der Waals surface area (Å²) in [5.74, 6) is 0.545. The molecule has 0 aliphatic heterocycles. The fraction of sp³-hybridized carbons (Fsp3) is 0.600. The van der Waals surface area contributed by atoms with Crippen LogP contribution in [0.2, 0.25) is 0 Å². The van der Waals surface area contributed by atoms with Gasteiger partial charge in [-0.1, -0.05) is 13.3 Å². The predicted molar refractivity (Wildman–Crippen MR) is 69.1 cm³/mol. The zero-order chi connectivity index (χ0) is 11.8. The van der Waals surface area contributed by atoms with Crippen LogP contribution >= 0.6 is 27.3 Å². The number of sulfonamides is 1. The van der Waals surface area contributed by atoms with Crippen LogP contribution in [0.4, 0.5) is 0 Å². The molecule has 0 radical (unpaired) electrons. The molecule has 1 N–H and O–H groups in total. The Hall–Kier alpha value is 0.0900. The van der Waals surface area contributed by atoms with Crippen LogP contribution in [0.1, 0.15) is 26.2 Å². The summed E-state index contributed by atoms with van der Waals surface area (Å²) in [5.41, 5.74) is 0. The van der Waals surface area contributed by atoms with Crippen molar-refractivity contribution in [2.75, 3.05) is 0 Å². The Morgan fingerprint density at radius 2 is 2.31 bits per heavy atom. The van der Waals surface area contributed by atoms with Gasteiger partial charge in [0.05, 0.1) is 3.79 Å². The van der Waals surface area contributed by atoms with E-state index in [0.29, 0.717) is 10.1 Å². The lowest BCUT2D eigenvalue weighted by atomic mass is 10.2. The van der Waals surface area contributed by atoms with Gasteiger partial charge in [-0.2, -0.15) is 0 Å². The van der Waals surface area contributed by atoms with Crippen molar-refractivity contribution in [3.05, 3.63) is 15.9 Å². The zero-order valence-electron chi connectivity index (χ0n) is 8.94. The molecule has 2 atom stereocenters. The van der Waals surface area contributed by atoms with Gasteiger partial charge in [0, 0.05) is 6.04 Å². The molecule has 16 heavy (non-hydrogen) atoms. The second-order valence-electron chi connectivity index (χ2n) is 4.07. The highest BCUT2D eigenvalue weighted by molar-refractivity contribution is 9.11. The molecule has 0 bridgehead atoms. The van der Waals surface area contributed by atoms with Crippen molar-refractivity contribution in [1.82, 2.24) is 4.72 Å². The van der Waals surface area contributed by atoms with Crippen molar-refractivity contribution in [2.24, 2.45) is 5.92 Å². The second kappa shape index (κ2) is 4.76. The molecule has 0 spiro atoms. The Bertz CT molecular complexity index is 469. The lowest BCUT2D eigenvalue weighted by molar-refractivity contribution is 0.575. The highest BCUT2D eigenvalue weighted by Gasteiger charge is 2.39. The number of hydrogen-bond acceptors (Lipinski definition) is 3. The van der Waals surface area contributed by atoms with Crippen LogP contribution in [-0.2, 0) is 10.0 Å². The van der Waals surface area contributed by atoms with Crippen molar-refractivity contribution >= 4 is 37.3 Å². The number of nitrogens with one attached hydrogen (secondary N) is 1. The van der Waals surface area contributed by atoms with E-state index in [1.807, 2.05) is 0 Å². The first kappa shape index (κ1) is 12.5. The summed E-state index contributed by atoms with van der Waals surface area (Å²) in [4.78, 5) is 0. The lowest BCUT2D eigenvalue weighted by Gasteiger charge is -2.03. The third kappa shape index (κ3) is 2.85. The summed E-state index contributed by atoms with van der Waals surface area (Å²) in [6.07, 6.45) is 3.22. The minimum absolute atomic E-state index is 0.158. The summed E-state index contributed by atoms with van der Waals surface area (Å²) in [6, 6.07) is 3.55. The van der Waals surface area contributed by atoms with E-state index in [9.17, 15) is 8.42 Å². The van der Waals surface area contributed by atoms with E-state index in [1.165, 1.54) is 11.3 Å². The van der Waals surface area contributed by atoms with Gasteiger partial charge in [0.15, 0.2) is 0 Å². The fourth-order valence-electron chi connectivity index (χ4n) is 1.78. The molecule has 1 aromatic heterocycles. The van der Waals surface area contributed by atoms with E-state index >= 15 is 0 Å². The average Bonchev–Trinajstić information content (AvgIpc) is 2.75. The van der Waals surface area contributed by atoms with E-state index in [-0.39, 0.29) is 6.04 Å². The molecule has 1 aliphatic carbocycles. The molecule has 0 amide bonds. The Morgan fingerprint density at radius 1 is 1.56 bits per heavy atom. The van der Waals surface area contributed by atoms with Gasteiger partial charge in [0.25, 0.3) is 0 Å². The molecule has 1 fully saturated rings. The summed E-state index contributed by atoms with van der Waals surface area (Å²) < 4.78 is 27.8. The van der Waals surface area contributed by atoms with Gasteiger partial charge in [-0.05, 0) is 46.8 Å². The summed E-state index contributed by atoms with van der Waals surface area (Å²) >= 11 is 4.51. The highest BCUT2D eigenvalue weighted by atomic mass is 79.9. The monoisotopic (exact) mass is 323 g/mol. The fourth-order valence-corrected chi connectivity index (χ4v) is 5.13. The van der Waals surface area contributed by atoms with E-state index in [2.05, 4.69) is 27.6 Å². The van der Waals surface area contributed by atoms with Crippen LogP contribution in [0.5, 0.6) is 0 Å². The molecule has 3 nitrogen and oxygen atoms in total. The van der Waals surface area contributed by atoms with Crippen molar-refractivity contribution in [3.8, 4) is 0 Å². The SMILES string of the molecule is CCCC1CC1NS(=O)(=O)c1ccc(Br)s1. The van der Waals surface area contributed by atoms with E-state index < -0.39 is 10.0 Å². The van der Waals surface area contributed by atoms with Gasteiger partial charge >= 0.3 is 0 Å². The smallest absolute Gasteiger partial charge is 0.207 e. The maximum Gasteiger partial charge on any atom is 0.250 e. The molecule has 1 saturated carbocycles. The minimum atomic E-state index is -3.29. The first-order chi connectivity index (χ1) is 7.53. The third-order valence-corrected chi connectivity index (χ3v) is 6.31. The van der Waals surface area contributed by atoms with Crippen LogP contribution in [0.25, 0.3) is 0 Å². The molecule has 6 heteroatoms. The van der Waals surface area contributed by atoms with E-state index in [0.717, 1.165) is 23.0 Å². The summed E-state index contributed by atoms with van der Waals surface area (Å²) in [5, 5.41) is 0. The first-order valence-corrected chi connectivity index (χ1v) is 8.40. The van der Waals surface area contributed by atoms with Crippen molar-refractivity contribution in [1.29, 1.82) is 0 Å². The normalized spacial score (nSPS) is 24.6. The average molecular weight is 324 g/mol. The number of rotatable bonds is 5. The van der Waals surface area contributed by atoms with Gasteiger partial charge in [0.1, 0.15) is 4.21 Å². The molecule has 0 aromatic carbocycles. The van der Waals surface area contributed by atoms with Gasteiger partial charge in [-0.25, -0.2) is 13.1 Å². The maximum atomic E-state index is 11.9. The Balaban J connectivity index is 2.00. The van der Waals surface area contributed by atoms with Crippen LogP contribution < -0.4 is 4.72 Å². The van der Waals surface area contributed by atoms with Gasteiger partial charge in [-0.15, -0.1) is 11.3 Å². The van der Waals surface area contributed by atoms with Crippen molar-refractivity contribution < 1.29 is 8.42 Å². The van der Waals surface area contributed by atoms with E-state index in [4.69, 9.17) is 0 Å². The molecular formula is C10H14BrNO2S2. The van der Waals surface area contributed by atoms with Crippen molar-refractivity contribution in [3.63, 3.8) is 0 Å². The van der Waals surface area contributed by atoms with Gasteiger partial charge < -0.3 is 0 Å². The predicted octanol–water partition coefficient (Wildman–Crippen LogP) is 2.98. The van der Waals surface area contributed by atoms with Gasteiger partial charge in [-0.3, -0.25) is 0 Å². The Kier molecular flexibility index (Phi) is 3.73. The third-order valence-electron chi connectivity index (χ3n) is 2.70. The van der Waals surface area contributed by atoms with Crippen LogP contribution in [-0.4, -0.2) is 14.5 Å². The summed E-state index contributed by atoms with van der Waals surface area (Å²) in [7, 11) is -3.29. The quantitative estimate of drug-likeness (QED) is 0.905. The van der Waals surface area contributed by atoms with E-state index in [1.54, 1.807) is 12.1 Å². The zero-order valence-corrected chi connectivity index (χ0v) is 12.2. The molecule has 2 rings (SSSR count). The Morgan fingerprint density at radius 3 is 2.88 bits per heavy atom. The number of hydrogen-bond donors (Lipinski definition) is 1. The molecule has 1 heterocycles. The molecule has 90 valence electrons. The maximum absolute atomic E-state index is 11.9. The minimum Gasteiger partial charge on any atom is -0.207 e. The highest BCUT2D eigenvalue weighted by Crippen LogP contribution is 2.36.